The van der Waals surface area contributed by atoms with Gasteiger partial charge in [0, 0.05) is 36.8 Å². The van der Waals surface area contributed by atoms with Crippen molar-refractivity contribution < 1.29 is 14.3 Å². The summed E-state index contributed by atoms with van der Waals surface area (Å²) in [6.45, 7) is 16.6. The van der Waals surface area contributed by atoms with E-state index in [1.807, 2.05) is 46.9 Å². The number of ether oxygens (including phenoxy) is 2. The Morgan fingerprint density at radius 1 is 1.16 bits per heavy atom. The highest BCUT2D eigenvalue weighted by Crippen LogP contribution is 2.42. The molecule has 2 aliphatic rings. The molecule has 1 aromatic heterocycles. The van der Waals surface area contributed by atoms with Crippen molar-refractivity contribution in [2.75, 3.05) is 33.5 Å². The van der Waals surface area contributed by atoms with Crippen LogP contribution in [0.1, 0.15) is 82.4 Å². The van der Waals surface area contributed by atoms with Crippen molar-refractivity contribution in [2.45, 2.75) is 73.9 Å². The number of fused-ring (bicyclic) bond motifs is 3. The largest absolute Gasteiger partial charge is 0.477 e. The molecule has 4 rings (SSSR count). The van der Waals surface area contributed by atoms with E-state index in [4.69, 9.17) is 9.47 Å². The van der Waals surface area contributed by atoms with Gasteiger partial charge in [0.1, 0.15) is 12.5 Å². The Hall–Kier alpha value is -2.09. The minimum absolute atomic E-state index is 0.238. The molecule has 1 aromatic carbocycles. The third-order valence-corrected chi connectivity index (χ3v) is 6.99. The highest BCUT2D eigenvalue weighted by molar-refractivity contribution is 9.10. The monoisotopic (exact) mass is 575 g/mol. The zero-order valence-corrected chi connectivity index (χ0v) is 25.7. The molecule has 7 heteroatoms. The zero-order chi connectivity index (χ0) is 27.5. The third-order valence-electron chi connectivity index (χ3n) is 6.40. The van der Waals surface area contributed by atoms with Gasteiger partial charge in [-0.2, -0.15) is 0 Å². The van der Waals surface area contributed by atoms with Gasteiger partial charge >= 0.3 is 5.97 Å². The second-order valence-electron chi connectivity index (χ2n) is 9.56. The molecule has 0 atom stereocenters. The smallest absolute Gasteiger partial charge is 0.340 e. The first-order valence-electron chi connectivity index (χ1n) is 13.6. The van der Waals surface area contributed by atoms with Gasteiger partial charge in [-0.05, 0) is 82.7 Å². The topological polar surface area (TPSA) is 46.9 Å². The molecule has 0 bridgehead atoms. The van der Waals surface area contributed by atoms with Gasteiger partial charge < -0.3 is 14.0 Å². The van der Waals surface area contributed by atoms with E-state index in [0.717, 1.165) is 58.6 Å². The number of piperidine rings is 1. The lowest BCUT2D eigenvalue weighted by atomic mass is 10.0. The van der Waals surface area contributed by atoms with E-state index in [0.29, 0.717) is 18.9 Å². The fourth-order valence-electron chi connectivity index (χ4n) is 4.69. The summed E-state index contributed by atoms with van der Waals surface area (Å²) in [5, 5.41) is 0.970. The van der Waals surface area contributed by atoms with Crippen LogP contribution in [0.4, 0.5) is 0 Å². The minimum atomic E-state index is -0.238. The van der Waals surface area contributed by atoms with E-state index >= 15 is 0 Å². The van der Waals surface area contributed by atoms with E-state index in [9.17, 15) is 4.79 Å². The van der Waals surface area contributed by atoms with Crippen molar-refractivity contribution in [1.29, 1.82) is 0 Å². The summed E-state index contributed by atoms with van der Waals surface area (Å²) in [5.41, 5.74) is 5.18. The fourth-order valence-corrected chi connectivity index (χ4v) is 5.26. The average Bonchev–Trinajstić information content (AvgIpc) is 3.16. The van der Waals surface area contributed by atoms with Gasteiger partial charge in [0.2, 0.25) is 0 Å². The van der Waals surface area contributed by atoms with Gasteiger partial charge in [0.05, 0.1) is 22.2 Å². The van der Waals surface area contributed by atoms with Gasteiger partial charge in [-0.1, -0.05) is 44.1 Å². The summed E-state index contributed by atoms with van der Waals surface area (Å²) in [7, 11) is 4.08. The lowest BCUT2D eigenvalue weighted by Gasteiger charge is -2.27. The van der Waals surface area contributed by atoms with Crippen LogP contribution in [0.15, 0.2) is 34.3 Å². The Labute approximate surface area is 232 Å². The Kier molecular flexibility index (Phi) is 12.9. The number of nitrogens with zero attached hydrogens (tertiary/aromatic N) is 3. The fraction of sp³-hybridized carbons (Fsp3) is 0.567. The average molecular weight is 577 g/mol. The molecule has 0 radical (unpaired) electrons. The zero-order valence-electron chi connectivity index (χ0n) is 24.1. The predicted octanol–water partition coefficient (Wildman–Crippen LogP) is 7.44. The first kappa shape index (κ1) is 31.1. The van der Waals surface area contributed by atoms with Crippen molar-refractivity contribution >= 4 is 32.8 Å². The number of esters is 1. The molecule has 0 aliphatic carbocycles. The Morgan fingerprint density at radius 2 is 1.84 bits per heavy atom. The van der Waals surface area contributed by atoms with E-state index in [1.165, 1.54) is 24.8 Å². The number of halogens is 1. The lowest BCUT2D eigenvalue weighted by molar-refractivity contribution is 0.0525. The SMILES string of the molecule is C/C=C\C=C(C)C.CC.CCOC(=O)c1c(CN2CCCCC2)n(C)c2cc(Br)c3c(c12)CN(C)CO3. The maximum absolute atomic E-state index is 13.1. The van der Waals surface area contributed by atoms with Gasteiger partial charge in [0.15, 0.2) is 0 Å². The molecule has 0 amide bonds. The maximum Gasteiger partial charge on any atom is 0.340 e. The van der Waals surface area contributed by atoms with E-state index in [-0.39, 0.29) is 5.97 Å². The third kappa shape index (κ3) is 7.95. The minimum Gasteiger partial charge on any atom is -0.477 e. The number of hydrogen-bond donors (Lipinski definition) is 0. The second kappa shape index (κ2) is 15.4. The van der Waals surface area contributed by atoms with E-state index in [2.05, 4.69) is 63.3 Å². The van der Waals surface area contributed by atoms with Crippen LogP contribution in [0, 0.1) is 0 Å². The van der Waals surface area contributed by atoms with E-state index < -0.39 is 0 Å². The van der Waals surface area contributed by atoms with Crippen LogP contribution >= 0.6 is 15.9 Å². The molecule has 3 heterocycles. The quantitative estimate of drug-likeness (QED) is 0.274. The summed E-state index contributed by atoms with van der Waals surface area (Å²) < 4.78 is 14.6. The van der Waals surface area contributed by atoms with Crippen molar-refractivity contribution in [1.82, 2.24) is 14.4 Å². The number of allylic oxidation sites excluding steroid dienone is 4. The van der Waals surface area contributed by atoms with Crippen molar-refractivity contribution in [3.05, 3.63) is 51.2 Å². The van der Waals surface area contributed by atoms with Crippen LogP contribution in [-0.4, -0.2) is 53.8 Å². The molecule has 0 N–H and O–H groups in total. The Bertz CT molecular complexity index is 1090. The van der Waals surface area contributed by atoms with Crippen molar-refractivity contribution in [3.63, 3.8) is 0 Å². The maximum atomic E-state index is 13.1. The summed E-state index contributed by atoms with van der Waals surface area (Å²) in [6.07, 6.45) is 9.87. The van der Waals surface area contributed by atoms with Crippen LogP contribution in [0.25, 0.3) is 10.9 Å². The predicted molar refractivity (Wildman–Crippen MR) is 158 cm³/mol. The molecule has 0 unspecified atom stereocenters. The molecule has 2 aliphatic heterocycles. The van der Waals surface area contributed by atoms with Crippen molar-refractivity contribution in [3.8, 4) is 5.75 Å². The molecule has 0 spiro atoms. The van der Waals surface area contributed by atoms with Crippen molar-refractivity contribution in [2.24, 2.45) is 7.05 Å². The van der Waals surface area contributed by atoms with Gasteiger partial charge in [-0.3, -0.25) is 9.80 Å². The second-order valence-corrected chi connectivity index (χ2v) is 10.4. The lowest BCUT2D eigenvalue weighted by Crippen LogP contribution is -2.30. The standard InChI is InChI=1S/C21H28BrN3O3.C7H12.C2H6/c1-4-27-21(26)19-17(12-25-8-6-5-7-9-25)24(3)16-10-15(22)20-14(18(16)19)11-23(2)13-28-20;1-4-5-6-7(2)3;1-2/h10H,4-9,11-13H2,1-3H3;4-6H,1-3H3;1-2H3/b;5-4-;. The number of aromatic nitrogens is 1. The number of hydrogen-bond acceptors (Lipinski definition) is 5. The molecular formula is C30H46BrN3O3. The van der Waals surface area contributed by atoms with Crippen LogP contribution in [0.5, 0.6) is 5.75 Å². The molecule has 1 saturated heterocycles. The number of carbonyl (C=O) groups is 1. The molecule has 0 saturated carbocycles. The Balaban J connectivity index is 0.000000465. The van der Waals surface area contributed by atoms with Crippen LogP contribution in [-0.2, 0) is 24.9 Å². The Morgan fingerprint density at radius 3 is 2.41 bits per heavy atom. The summed E-state index contributed by atoms with van der Waals surface area (Å²) in [5.74, 6) is 0.601. The number of rotatable bonds is 5. The van der Waals surface area contributed by atoms with E-state index in [1.54, 1.807) is 0 Å². The molecular weight excluding hydrogens is 530 g/mol. The molecule has 206 valence electrons. The summed E-state index contributed by atoms with van der Waals surface area (Å²) in [4.78, 5) is 17.6. The molecule has 37 heavy (non-hydrogen) atoms. The number of carbonyl (C=O) groups excluding carboxylic acids is 1. The van der Waals surface area contributed by atoms with Crippen LogP contribution in [0.3, 0.4) is 0 Å². The summed E-state index contributed by atoms with van der Waals surface area (Å²) in [6, 6.07) is 2.07. The van der Waals surface area contributed by atoms with Crippen LogP contribution in [0.2, 0.25) is 0 Å². The first-order chi connectivity index (χ1) is 17.8. The number of likely N-dealkylation sites (tertiary alicyclic amines) is 1. The molecule has 6 nitrogen and oxygen atoms in total. The number of aryl methyl sites for hydroxylation is 1. The highest BCUT2D eigenvalue weighted by atomic mass is 79.9. The first-order valence-corrected chi connectivity index (χ1v) is 14.4. The van der Waals surface area contributed by atoms with Gasteiger partial charge in [0.25, 0.3) is 0 Å². The van der Waals surface area contributed by atoms with Gasteiger partial charge in [-0.25, -0.2) is 4.79 Å². The highest BCUT2D eigenvalue weighted by Gasteiger charge is 2.30. The normalized spacial score (nSPS) is 15.7. The van der Waals surface area contributed by atoms with Gasteiger partial charge in [-0.15, -0.1) is 0 Å². The number of benzene rings is 1. The molecule has 2 aromatic rings. The molecule has 1 fully saturated rings. The summed E-state index contributed by atoms with van der Waals surface area (Å²) >= 11 is 3.67. The van der Waals surface area contributed by atoms with Crippen LogP contribution < -0.4 is 4.74 Å².